The molecule has 0 aliphatic heterocycles. The second-order valence-electron chi connectivity index (χ2n) is 4.00. The largest absolute Gasteiger partial charge is 0.494 e. The van der Waals surface area contributed by atoms with Gasteiger partial charge in [-0.2, -0.15) is 0 Å². The first kappa shape index (κ1) is 12.6. The summed E-state index contributed by atoms with van der Waals surface area (Å²) in [6.45, 7) is 3.98. The Balaban J connectivity index is 2.06. The van der Waals surface area contributed by atoms with E-state index < -0.39 is 0 Å². The van der Waals surface area contributed by atoms with Crippen LogP contribution in [0.3, 0.4) is 0 Å². The van der Waals surface area contributed by atoms with Crippen LogP contribution in [0.15, 0.2) is 30.5 Å². The molecule has 2 N–H and O–H groups in total. The Morgan fingerprint density at radius 1 is 1.28 bits per heavy atom. The average Bonchev–Trinajstić information content (AvgIpc) is 2.80. The fourth-order valence-electron chi connectivity index (χ4n) is 1.78. The van der Waals surface area contributed by atoms with Gasteiger partial charge in [-0.15, -0.1) is 5.10 Å². The predicted octanol–water partition coefficient (Wildman–Crippen LogP) is 1.23. The highest BCUT2D eigenvalue weighted by molar-refractivity contribution is 5.27. The van der Waals surface area contributed by atoms with Crippen LogP contribution in [-0.2, 0) is 13.0 Å². The molecule has 0 saturated heterocycles. The summed E-state index contributed by atoms with van der Waals surface area (Å²) < 4.78 is 7.28. The molecule has 0 aliphatic rings. The summed E-state index contributed by atoms with van der Waals surface area (Å²) in [5.41, 5.74) is 7.78. The number of benzene rings is 1. The lowest BCUT2D eigenvalue weighted by Gasteiger charge is -2.07. The Morgan fingerprint density at radius 2 is 2.06 bits per heavy atom. The molecule has 0 spiro atoms. The molecule has 1 aromatic carbocycles. The first-order chi connectivity index (χ1) is 8.83. The number of ether oxygens (including phenoxy) is 1. The van der Waals surface area contributed by atoms with Crippen molar-refractivity contribution in [3.63, 3.8) is 0 Å². The van der Waals surface area contributed by atoms with E-state index in [0.717, 1.165) is 17.9 Å². The van der Waals surface area contributed by atoms with E-state index >= 15 is 0 Å². The first-order valence-electron chi connectivity index (χ1n) is 6.12. The molecule has 96 valence electrons. The Kier molecular flexibility index (Phi) is 4.30. The SMILES string of the molecule is CCOc1ccc(Cn2nncc2CCN)cc1. The van der Waals surface area contributed by atoms with Gasteiger partial charge in [0.25, 0.3) is 0 Å². The zero-order valence-corrected chi connectivity index (χ0v) is 10.5. The molecule has 0 fully saturated rings. The summed E-state index contributed by atoms with van der Waals surface area (Å²) in [4.78, 5) is 0. The number of hydrogen-bond donors (Lipinski definition) is 1. The van der Waals surface area contributed by atoms with Crippen molar-refractivity contribution in [2.45, 2.75) is 19.9 Å². The minimum Gasteiger partial charge on any atom is -0.494 e. The third-order valence-corrected chi connectivity index (χ3v) is 2.67. The minimum absolute atomic E-state index is 0.608. The summed E-state index contributed by atoms with van der Waals surface area (Å²) >= 11 is 0. The summed E-state index contributed by atoms with van der Waals surface area (Å²) in [7, 11) is 0. The van der Waals surface area contributed by atoms with Crippen molar-refractivity contribution in [1.29, 1.82) is 0 Å². The molecule has 1 heterocycles. The van der Waals surface area contributed by atoms with E-state index in [-0.39, 0.29) is 0 Å². The normalized spacial score (nSPS) is 10.6. The number of hydrogen-bond acceptors (Lipinski definition) is 4. The van der Waals surface area contributed by atoms with E-state index in [1.165, 1.54) is 5.56 Å². The lowest BCUT2D eigenvalue weighted by Crippen LogP contribution is -2.11. The van der Waals surface area contributed by atoms with Crippen molar-refractivity contribution in [3.8, 4) is 5.75 Å². The molecular formula is C13H18N4O. The Labute approximate surface area is 107 Å². The fourth-order valence-corrected chi connectivity index (χ4v) is 1.78. The summed E-state index contributed by atoms with van der Waals surface area (Å²) in [6, 6.07) is 8.02. The summed E-state index contributed by atoms with van der Waals surface area (Å²) in [5, 5.41) is 7.99. The quantitative estimate of drug-likeness (QED) is 0.832. The summed E-state index contributed by atoms with van der Waals surface area (Å²) in [6.07, 6.45) is 2.56. The van der Waals surface area contributed by atoms with Crippen LogP contribution in [-0.4, -0.2) is 28.1 Å². The molecule has 0 saturated carbocycles. The zero-order chi connectivity index (χ0) is 12.8. The highest BCUT2D eigenvalue weighted by Gasteiger charge is 2.04. The lowest BCUT2D eigenvalue weighted by molar-refractivity contribution is 0.340. The van der Waals surface area contributed by atoms with Gasteiger partial charge in [-0.3, -0.25) is 0 Å². The van der Waals surface area contributed by atoms with Gasteiger partial charge in [0.15, 0.2) is 0 Å². The Bertz CT molecular complexity index is 478. The Morgan fingerprint density at radius 3 is 2.72 bits per heavy atom. The van der Waals surface area contributed by atoms with Gasteiger partial charge in [0.2, 0.25) is 0 Å². The van der Waals surface area contributed by atoms with E-state index in [9.17, 15) is 0 Å². The number of rotatable bonds is 6. The van der Waals surface area contributed by atoms with Gasteiger partial charge in [-0.25, -0.2) is 4.68 Å². The van der Waals surface area contributed by atoms with Crippen molar-refractivity contribution in [2.24, 2.45) is 5.73 Å². The van der Waals surface area contributed by atoms with Crippen LogP contribution in [0.2, 0.25) is 0 Å². The van der Waals surface area contributed by atoms with Crippen molar-refractivity contribution < 1.29 is 4.74 Å². The molecule has 0 amide bonds. The standard InChI is InChI=1S/C13H18N4O/c1-2-18-13-5-3-11(4-6-13)10-17-12(7-8-14)9-15-16-17/h3-6,9H,2,7-8,10,14H2,1H3. The molecule has 2 rings (SSSR count). The molecule has 0 bridgehead atoms. The van der Waals surface area contributed by atoms with Gasteiger partial charge in [-0.05, 0) is 31.2 Å². The van der Waals surface area contributed by atoms with Crippen LogP contribution in [0.5, 0.6) is 5.75 Å². The third kappa shape index (κ3) is 3.07. The molecule has 0 radical (unpaired) electrons. The van der Waals surface area contributed by atoms with Gasteiger partial charge in [-0.1, -0.05) is 17.3 Å². The van der Waals surface area contributed by atoms with Gasteiger partial charge in [0.05, 0.1) is 25.0 Å². The van der Waals surface area contributed by atoms with E-state index in [0.29, 0.717) is 19.7 Å². The third-order valence-electron chi connectivity index (χ3n) is 2.67. The lowest BCUT2D eigenvalue weighted by atomic mass is 10.2. The molecule has 0 aliphatic carbocycles. The van der Waals surface area contributed by atoms with Crippen LogP contribution < -0.4 is 10.5 Å². The molecule has 1 aromatic heterocycles. The van der Waals surface area contributed by atoms with Gasteiger partial charge in [0.1, 0.15) is 5.75 Å². The van der Waals surface area contributed by atoms with Crippen molar-refractivity contribution in [2.75, 3.05) is 13.2 Å². The van der Waals surface area contributed by atoms with Crippen molar-refractivity contribution in [1.82, 2.24) is 15.0 Å². The van der Waals surface area contributed by atoms with Gasteiger partial charge < -0.3 is 10.5 Å². The number of nitrogens with zero attached hydrogens (tertiary/aromatic N) is 3. The molecule has 2 aromatic rings. The van der Waals surface area contributed by atoms with Crippen LogP contribution in [0.1, 0.15) is 18.2 Å². The van der Waals surface area contributed by atoms with Gasteiger partial charge in [0, 0.05) is 6.42 Å². The number of aromatic nitrogens is 3. The van der Waals surface area contributed by atoms with E-state index in [2.05, 4.69) is 10.3 Å². The smallest absolute Gasteiger partial charge is 0.119 e. The molecule has 18 heavy (non-hydrogen) atoms. The molecule has 0 atom stereocenters. The molecule has 0 unspecified atom stereocenters. The molecule has 5 nitrogen and oxygen atoms in total. The van der Waals surface area contributed by atoms with E-state index in [1.807, 2.05) is 35.9 Å². The topological polar surface area (TPSA) is 66.0 Å². The van der Waals surface area contributed by atoms with E-state index in [4.69, 9.17) is 10.5 Å². The fraction of sp³-hybridized carbons (Fsp3) is 0.385. The van der Waals surface area contributed by atoms with Crippen LogP contribution in [0.25, 0.3) is 0 Å². The van der Waals surface area contributed by atoms with Crippen molar-refractivity contribution in [3.05, 3.63) is 41.7 Å². The predicted molar refractivity (Wildman–Crippen MR) is 69.5 cm³/mol. The maximum atomic E-state index is 5.55. The maximum Gasteiger partial charge on any atom is 0.119 e. The van der Waals surface area contributed by atoms with E-state index in [1.54, 1.807) is 6.20 Å². The second kappa shape index (κ2) is 6.16. The zero-order valence-electron chi connectivity index (χ0n) is 10.5. The number of nitrogens with two attached hydrogens (primary N) is 1. The summed E-state index contributed by atoms with van der Waals surface area (Å²) in [5.74, 6) is 0.891. The minimum atomic E-state index is 0.608. The highest BCUT2D eigenvalue weighted by atomic mass is 16.5. The van der Waals surface area contributed by atoms with Gasteiger partial charge >= 0.3 is 0 Å². The molecule has 5 heteroatoms. The van der Waals surface area contributed by atoms with Crippen LogP contribution >= 0.6 is 0 Å². The molecular weight excluding hydrogens is 228 g/mol. The average molecular weight is 246 g/mol. The second-order valence-corrected chi connectivity index (χ2v) is 4.00. The first-order valence-corrected chi connectivity index (χ1v) is 6.12. The van der Waals surface area contributed by atoms with Crippen molar-refractivity contribution >= 4 is 0 Å². The monoisotopic (exact) mass is 246 g/mol. The van der Waals surface area contributed by atoms with Crippen LogP contribution in [0.4, 0.5) is 0 Å². The van der Waals surface area contributed by atoms with Crippen LogP contribution in [0, 0.1) is 0 Å². The Hall–Kier alpha value is -1.88. The highest BCUT2D eigenvalue weighted by Crippen LogP contribution is 2.13. The maximum absolute atomic E-state index is 5.55.